The van der Waals surface area contributed by atoms with Crippen molar-refractivity contribution < 1.29 is 4.39 Å². The highest BCUT2D eigenvalue weighted by atomic mass is 35.5. The second-order valence-corrected chi connectivity index (χ2v) is 4.57. The number of benzene rings is 1. The number of hydrogen-bond acceptors (Lipinski definition) is 4. The summed E-state index contributed by atoms with van der Waals surface area (Å²) in [5, 5.41) is 6.62. The van der Waals surface area contributed by atoms with E-state index in [1.54, 1.807) is 6.07 Å². The van der Waals surface area contributed by atoms with Gasteiger partial charge in [0.05, 0.1) is 5.56 Å². The van der Waals surface area contributed by atoms with Gasteiger partial charge in [0.25, 0.3) is 0 Å². The molecule has 0 saturated carbocycles. The Labute approximate surface area is 123 Å². The number of anilines is 1. The molecule has 0 aliphatic carbocycles. The predicted octanol–water partition coefficient (Wildman–Crippen LogP) is 1.88. The summed E-state index contributed by atoms with van der Waals surface area (Å²) in [5.41, 5.74) is 6.70. The second-order valence-electron chi connectivity index (χ2n) is 4.57. The lowest BCUT2D eigenvalue weighted by molar-refractivity contribution is 0.348. The maximum atomic E-state index is 13.7. The number of fused-ring (bicyclic) bond motifs is 1. The van der Waals surface area contributed by atoms with Crippen LogP contribution in [0.25, 0.3) is 0 Å². The number of aliphatic imine (C=N–C) groups is 1. The summed E-state index contributed by atoms with van der Waals surface area (Å²) in [4.78, 5) is 4.48. The lowest BCUT2D eigenvalue weighted by atomic mass is 9.95. The molecule has 7 heteroatoms. The minimum Gasteiger partial charge on any atom is -0.383 e. The van der Waals surface area contributed by atoms with Crippen LogP contribution < -0.4 is 16.4 Å². The molecule has 0 bridgehead atoms. The monoisotopic (exact) mass is 306 g/mol. The summed E-state index contributed by atoms with van der Waals surface area (Å²) in [7, 11) is 0. The number of amidine groups is 1. The highest BCUT2D eigenvalue weighted by molar-refractivity contribution is 6.04. The Bertz CT molecular complexity index is 487. The standard InChI is InChI=1S/C12H15FN4.2ClH/c13-8-2-1-3-9-10(8)11(14)17-12(16-9)4-6-15-7-5-12;;/h1-3,15-16H,4-7H2,(H2,14,17);2*1H. The fraction of sp³-hybridized carbons (Fsp3) is 0.417. The van der Waals surface area contributed by atoms with Crippen molar-refractivity contribution in [2.75, 3.05) is 18.4 Å². The summed E-state index contributed by atoms with van der Waals surface area (Å²) in [6.07, 6.45) is 1.73. The van der Waals surface area contributed by atoms with E-state index in [1.807, 2.05) is 6.07 Å². The molecule has 19 heavy (non-hydrogen) atoms. The predicted molar refractivity (Wildman–Crippen MR) is 80.1 cm³/mol. The second kappa shape index (κ2) is 5.94. The smallest absolute Gasteiger partial charge is 0.136 e. The molecule has 1 aromatic carbocycles. The van der Waals surface area contributed by atoms with Crippen molar-refractivity contribution in [2.24, 2.45) is 10.7 Å². The SMILES string of the molecule is Cl.Cl.NC1=NC2(CCNCC2)Nc2cccc(F)c21. The van der Waals surface area contributed by atoms with Crippen LogP contribution in [0.15, 0.2) is 23.2 Å². The van der Waals surface area contributed by atoms with Crippen LogP contribution in [0.5, 0.6) is 0 Å². The molecule has 2 aliphatic rings. The average molecular weight is 307 g/mol. The van der Waals surface area contributed by atoms with Crippen molar-refractivity contribution in [1.29, 1.82) is 0 Å². The van der Waals surface area contributed by atoms with Crippen LogP contribution in [0, 0.1) is 5.82 Å². The van der Waals surface area contributed by atoms with Gasteiger partial charge in [0.1, 0.15) is 17.3 Å². The van der Waals surface area contributed by atoms with Crippen molar-refractivity contribution in [1.82, 2.24) is 5.32 Å². The van der Waals surface area contributed by atoms with Crippen LogP contribution in [0.1, 0.15) is 18.4 Å². The Kier molecular flexibility index (Phi) is 5.01. The van der Waals surface area contributed by atoms with E-state index in [0.29, 0.717) is 11.4 Å². The normalized spacial score (nSPS) is 19.3. The van der Waals surface area contributed by atoms with Crippen LogP contribution in [0.2, 0.25) is 0 Å². The van der Waals surface area contributed by atoms with Crippen molar-refractivity contribution in [3.05, 3.63) is 29.6 Å². The first-order valence-electron chi connectivity index (χ1n) is 5.83. The van der Waals surface area contributed by atoms with E-state index in [1.165, 1.54) is 6.07 Å². The number of piperidine rings is 1. The summed E-state index contributed by atoms with van der Waals surface area (Å²) in [5.74, 6) is -0.0150. The highest BCUT2D eigenvalue weighted by Crippen LogP contribution is 2.33. The van der Waals surface area contributed by atoms with Gasteiger partial charge < -0.3 is 16.4 Å². The molecule has 1 fully saturated rings. The van der Waals surface area contributed by atoms with Gasteiger partial charge in [0, 0.05) is 18.5 Å². The minimum absolute atomic E-state index is 0. The summed E-state index contributed by atoms with van der Waals surface area (Å²) >= 11 is 0. The van der Waals surface area contributed by atoms with Gasteiger partial charge in [-0.05, 0) is 25.2 Å². The topological polar surface area (TPSA) is 62.4 Å². The Morgan fingerprint density at radius 3 is 2.58 bits per heavy atom. The summed E-state index contributed by atoms with van der Waals surface area (Å²) < 4.78 is 13.7. The van der Waals surface area contributed by atoms with Gasteiger partial charge in [-0.25, -0.2) is 9.38 Å². The third-order valence-corrected chi connectivity index (χ3v) is 3.40. The zero-order valence-corrected chi connectivity index (χ0v) is 11.9. The van der Waals surface area contributed by atoms with E-state index in [4.69, 9.17) is 5.73 Å². The van der Waals surface area contributed by atoms with Gasteiger partial charge in [-0.2, -0.15) is 0 Å². The van der Waals surface area contributed by atoms with E-state index >= 15 is 0 Å². The number of rotatable bonds is 0. The van der Waals surface area contributed by atoms with Crippen LogP contribution in [0.4, 0.5) is 10.1 Å². The molecule has 0 aromatic heterocycles. The number of nitrogens with two attached hydrogens (primary N) is 1. The molecule has 0 amide bonds. The van der Waals surface area contributed by atoms with E-state index in [0.717, 1.165) is 31.6 Å². The lowest BCUT2D eigenvalue weighted by Crippen LogP contribution is -2.49. The first-order chi connectivity index (χ1) is 8.20. The van der Waals surface area contributed by atoms with Crippen LogP contribution in [-0.2, 0) is 0 Å². The molecule has 2 aliphatic heterocycles. The van der Waals surface area contributed by atoms with Crippen molar-refractivity contribution >= 4 is 36.3 Å². The molecule has 0 radical (unpaired) electrons. The third kappa shape index (κ3) is 2.78. The van der Waals surface area contributed by atoms with E-state index in [-0.39, 0.29) is 36.3 Å². The number of nitrogens with one attached hydrogen (secondary N) is 2. The lowest BCUT2D eigenvalue weighted by Gasteiger charge is -2.39. The number of halogens is 3. The molecule has 0 unspecified atom stereocenters. The van der Waals surface area contributed by atoms with Gasteiger partial charge >= 0.3 is 0 Å². The van der Waals surface area contributed by atoms with Crippen molar-refractivity contribution in [3.63, 3.8) is 0 Å². The third-order valence-electron chi connectivity index (χ3n) is 3.40. The minimum atomic E-state index is -0.351. The summed E-state index contributed by atoms with van der Waals surface area (Å²) in [6, 6.07) is 4.95. The van der Waals surface area contributed by atoms with Crippen LogP contribution in [-0.4, -0.2) is 24.6 Å². The largest absolute Gasteiger partial charge is 0.383 e. The van der Waals surface area contributed by atoms with Crippen LogP contribution >= 0.6 is 24.8 Å². The van der Waals surface area contributed by atoms with E-state index in [9.17, 15) is 4.39 Å². The van der Waals surface area contributed by atoms with Gasteiger partial charge in [-0.1, -0.05) is 6.07 Å². The molecule has 2 heterocycles. The molecule has 1 aromatic rings. The number of hydrogen-bond donors (Lipinski definition) is 3. The first kappa shape index (κ1) is 16.0. The zero-order chi connectivity index (χ0) is 11.9. The fourth-order valence-electron chi connectivity index (χ4n) is 2.53. The van der Waals surface area contributed by atoms with E-state index < -0.39 is 0 Å². The Morgan fingerprint density at radius 1 is 1.21 bits per heavy atom. The van der Waals surface area contributed by atoms with Gasteiger partial charge in [-0.15, -0.1) is 24.8 Å². The maximum Gasteiger partial charge on any atom is 0.136 e. The Hall–Kier alpha value is -1.04. The zero-order valence-electron chi connectivity index (χ0n) is 10.3. The average Bonchev–Trinajstić information content (AvgIpc) is 2.29. The van der Waals surface area contributed by atoms with Crippen LogP contribution in [0.3, 0.4) is 0 Å². The molecule has 1 saturated heterocycles. The quantitative estimate of drug-likeness (QED) is 0.686. The molecule has 3 rings (SSSR count). The molecule has 4 nitrogen and oxygen atoms in total. The molecular weight excluding hydrogens is 290 g/mol. The van der Waals surface area contributed by atoms with Gasteiger partial charge in [-0.3, -0.25) is 0 Å². The summed E-state index contributed by atoms with van der Waals surface area (Å²) in [6.45, 7) is 1.79. The van der Waals surface area contributed by atoms with E-state index in [2.05, 4.69) is 15.6 Å². The molecule has 106 valence electrons. The van der Waals surface area contributed by atoms with Crippen molar-refractivity contribution in [3.8, 4) is 0 Å². The Balaban J connectivity index is 0.000000902. The molecular formula is C12H17Cl2FN4. The molecule has 4 N–H and O–H groups in total. The maximum absolute atomic E-state index is 13.7. The molecule has 1 spiro atoms. The van der Waals surface area contributed by atoms with Gasteiger partial charge in [0.2, 0.25) is 0 Å². The Morgan fingerprint density at radius 2 is 1.89 bits per heavy atom. The van der Waals surface area contributed by atoms with Crippen molar-refractivity contribution in [2.45, 2.75) is 18.5 Å². The molecule has 0 atom stereocenters. The van der Waals surface area contributed by atoms with Gasteiger partial charge in [0.15, 0.2) is 0 Å². The number of nitrogens with zero attached hydrogens (tertiary/aromatic N) is 1. The fourth-order valence-corrected chi connectivity index (χ4v) is 2.53. The first-order valence-corrected chi connectivity index (χ1v) is 5.83. The highest BCUT2D eigenvalue weighted by Gasteiger charge is 2.36.